The van der Waals surface area contributed by atoms with Crippen LogP contribution in [0.4, 0.5) is 10.3 Å². The molecule has 0 spiro atoms. The highest BCUT2D eigenvalue weighted by Crippen LogP contribution is 2.18. The van der Waals surface area contributed by atoms with Gasteiger partial charge in [-0.2, -0.15) is 4.98 Å². The number of nitrogen functional groups attached to an aromatic ring is 1. The van der Waals surface area contributed by atoms with Crippen molar-refractivity contribution in [3.63, 3.8) is 0 Å². The third-order valence-corrected chi connectivity index (χ3v) is 4.42. The molecule has 0 bridgehead atoms. The first-order valence-electron chi connectivity index (χ1n) is 5.63. The molecule has 2 heterocycles. The Kier molecular flexibility index (Phi) is 2.76. The van der Waals surface area contributed by atoms with Crippen LogP contribution in [-0.4, -0.2) is 27.3 Å². The van der Waals surface area contributed by atoms with Gasteiger partial charge in [-0.15, -0.1) is 0 Å². The first kappa shape index (κ1) is 13.2. The zero-order valence-electron chi connectivity index (χ0n) is 10.3. The molecule has 108 valence electrons. The largest absolute Gasteiger partial charge is 0.369 e. The van der Waals surface area contributed by atoms with Crippen LogP contribution in [0.5, 0.6) is 0 Å². The van der Waals surface area contributed by atoms with Crippen molar-refractivity contribution < 1.29 is 12.8 Å². The van der Waals surface area contributed by atoms with Gasteiger partial charge in [0.2, 0.25) is 5.95 Å². The number of aromatic nitrogens is 4. The molecule has 0 aliphatic carbocycles. The number of hydrogen-bond donors (Lipinski definition) is 2. The summed E-state index contributed by atoms with van der Waals surface area (Å²) in [5.74, 6) is -0.799. The minimum absolute atomic E-state index is 0.158. The summed E-state index contributed by atoms with van der Waals surface area (Å²) in [5.41, 5.74) is 4.40. The molecule has 3 rings (SSSR count). The number of nitrogens with zero attached hydrogens (tertiary/aromatic N) is 3. The van der Waals surface area contributed by atoms with E-state index in [1.165, 1.54) is 0 Å². The van der Waals surface area contributed by atoms with Crippen LogP contribution in [0.15, 0.2) is 40.3 Å². The number of aromatic amines is 1. The highest BCUT2D eigenvalue weighted by Gasteiger charge is 2.22. The second kappa shape index (κ2) is 4.38. The number of fused-ring (bicyclic) bond motifs is 1. The van der Waals surface area contributed by atoms with E-state index in [2.05, 4.69) is 15.0 Å². The fraction of sp³-hybridized carbons (Fsp3) is 0. The Morgan fingerprint density at radius 3 is 2.57 bits per heavy atom. The minimum atomic E-state index is -4.06. The predicted octanol–water partition coefficient (Wildman–Crippen LogP) is 0.0779. The number of anilines is 1. The molecule has 0 amide bonds. The molecule has 21 heavy (non-hydrogen) atoms. The number of hydrogen-bond acceptors (Lipinski definition) is 6. The lowest BCUT2D eigenvalue weighted by Gasteiger charge is -2.05. The van der Waals surface area contributed by atoms with E-state index in [0.29, 0.717) is 0 Å². The molecule has 0 unspecified atom stereocenters. The average molecular weight is 309 g/mol. The van der Waals surface area contributed by atoms with Crippen molar-refractivity contribution in [3.8, 4) is 0 Å². The lowest BCUT2D eigenvalue weighted by atomic mass is 10.4. The number of rotatable bonds is 2. The number of nitrogens with two attached hydrogens (primary N) is 1. The Morgan fingerprint density at radius 1 is 1.24 bits per heavy atom. The molecule has 2 aromatic heterocycles. The molecule has 1 aromatic carbocycles. The highest BCUT2D eigenvalue weighted by atomic mass is 32.2. The Labute approximate surface area is 117 Å². The van der Waals surface area contributed by atoms with E-state index in [1.807, 2.05) is 0 Å². The summed E-state index contributed by atoms with van der Waals surface area (Å²) in [6.07, 6.45) is 0.949. The number of imidazole rings is 1. The first-order chi connectivity index (χ1) is 9.89. The lowest BCUT2D eigenvalue weighted by molar-refractivity contribution is 0.587. The molecule has 10 heteroatoms. The van der Waals surface area contributed by atoms with Gasteiger partial charge >= 0.3 is 0 Å². The molecule has 3 N–H and O–H groups in total. The Balaban J connectivity index is 2.29. The molecule has 8 nitrogen and oxygen atoms in total. The van der Waals surface area contributed by atoms with Gasteiger partial charge in [0.25, 0.3) is 15.6 Å². The molecule has 0 aliphatic heterocycles. The van der Waals surface area contributed by atoms with Crippen molar-refractivity contribution in [2.24, 2.45) is 0 Å². The zero-order valence-corrected chi connectivity index (χ0v) is 11.1. The summed E-state index contributed by atoms with van der Waals surface area (Å²) < 4.78 is 38.5. The van der Waals surface area contributed by atoms with Crippen molar-refractivity contribution >= 4 is 27.1 Å². The fourth-order valence-electron chi connectivity index (χ4n) is 1.80. The number of nitrogens with one attached hydrogen (secondary N) is 1. The van der Waals surface area contributed by atoms with Crippen molar-refractivity contribution in [2.75, 3.05) is 5.73 Å². The predicted molar refractivity (Wildman–Crippen MR) is 71.5 cm³/mol. The summed E-state index contributed by atoms with van der Waals surface area (Å²) in [5, 5.41) is 0. The normalized spacial score (nSPS) is 11.9. The number of H-pyrrole nitrogens is 1. The van der Waals surface area contributed by atoms with Gasteiger partial charge in [-0.3, -0.25) is 9.78 Å². The van der Waals surface area contributed by atoms with Crippen molar-refractivity contribution in [3.05, 3.63) is 46.8 Å². The van der Waals surface area contributed by atoms with Crippen LogP contribution in [-0.2, 0) is 10.0 Å². The highest BCUT2D eigenvalue weighted by molar-refractivity contribution is 7.90. The fourth-order valence-corrected chi connectivity index (χ4v) is 3.04. The third kappa shape index (κ3) is 2.05. The Bertz CT molecular complexity index is 991. The van der Waals surface area contributed by atoms with E-state index < -0.39 is 21.4 Å². The molecule has 0 saturated heterocycles. The molecule has 0 aliphatic rings. The van der Waals surface area contributed by atoms with E-state index in [1.54, 1.807) is 0 Å². The summed E-state index contributed by atoms with van der Waals surface area (Å²) >= 11 is 0. The molecule has 0 radical (unpaired) electrons. The monoisotopic (exact) mass is 309 g/mol. The second-order valence-electron chi connectivity index (χ2n) is 4.12. The van der Waals surface area contributed by atoms with Gasteiger partial charge < -0.3 is 5.73 Å². The van der Waals surface area contributed by atoms with Gasteiger partial charge in [0, 0.05) is 0 Å². The Hall–Kier alpha value is -2.75. The molecule has 0 atom stereocenters. The average Bonchev–Trinajstić information content (AvgIpc) is 2.83. The molecule has 0 saturated carbocycles. The first-order valence-corrected chi connectivity index (χ1v) is 7.07. The van der Waals surface area contributed by atoms with E-state index in [-0.39, 0.29) is 22.0 Å². The summed E-state index contributed by atoms with van der Waals surface area (Å²) in [6.45, 7) is 0. The van der Waals surface area contributed by atoms with Gasteiger partial charge in [0.05, 0.1) is 4.90 Å². The van der Waals surface area contributed by atoms with E-state index >= 15 is 0 Å². The smallest absolute Gasteiger partial charge is 0.280 e. The number of benzene rings is 1. The van der Waals surface area contributed by atoms with Crippen molar-refractivity contribution in [1.29, 1.82) is 0 Å². The second-order valence-corrected chi connectivity index (χ2v) is 5.94. The van der Waals surface area contributed by atoms with Gasteiger partial charge in [-0.05, 0) is 24.3 Å². The van der Waals surface area contributed by atoms with Gasteiger partial charge in [-0.1, -0.05) is 0 Å². The van der Waals surface area contributed by atoms with Gasteiger partial charge in [0.1, 0.15) is 12.1 Å². The number of halogens is 1. The van der Waals surface area contributed by atoms with E-state index in [0.717, 1.165) is 34.6 Å². The molecular formula is C11H8FN5O3S. The lowest BCUT2D eigenvalue weighted by Crippen LogP contribution is -2.16. The maximum atomic E-state index is 12.9. The standard InChI is InChI=1S/C11H8FN5O3S/c12-6-1-3-7(4-2-6)21(19,20)17-5-14-8-9(17)15-11(13)16-10(8)18/h1-5H,(H3,13,15,16,18). The maximum absolute atomic E-state index is 12.9. The molecule has 3 aromatic rings. The van der Waals surface area contributed by atoms with Gasteiger partial charge in [-0.25, -0.2) is 21.8 Å². The molecule has 0 fully saturated rings. The van der Waals surface area contributed by atoms with Crippen LogP contribution in [0.2, 0.25) is 0 Å². The summed E-state index contributed by atoms with van der Waals surface area (Å²) in [4.78, 5) is 21.2. The van der Waals surface area contributed by atoms with Crippen LogP contribution in [0.25, 0.3) is 11.2 Å². The SMILES string of the molecule is Nc1nc2c(ncn2S(=O)(=O)c2ccc(F)cc2)c(=O)[nH]1. The zero-order chi connectivity index (χ0) is 15.2. The van der Waals surface area contributed by atoms with Crippen LogP contribution >= 0.6 is 0 Å². The van der Waals surface area contributed by atoms with Crippen LogP contribution in [0.1, 0.15) is 0 Å². The van der Waals surface area contributed by atoms with Crippen molar-refractivity contribution in [1.82, 2.24) is 18.9 Å². The van der Waals surface area contributed by atoms with Crippen molar-refractivity contribution in [2.45, 2.75) is 4.90 Å². The molecular weight excluding hydrogens is 301 g/mol. The Morgan fingerprint density at radius 2 is 1.90 bits per heavy atom. The van der Waals surface area contributed by atoms with Crippen LogP contribution in [0.3, 0.4) is 0 Å². The van der Waals surface area contributed by atoms with E-state index in [4.69, 9.17) is 5.73 Å². The maximum Gasteiger partial charge on any atom is 0.280 e. The van der Waals surface area contributed by atoms with Crippen LogP contribution < -0.4 is 11.3 Å². The summed E-state index contributed by atoms with van der Waals surface area (Å²) in [7, 11) is -4.06. The topological polar surface area (TPSA) is 124 Å². The van der Waals surface area contributed by atoms with Gasteiger partial charge in [0.15, 0.2) is 11.2 Å². The minimum Gasteiger partial charge on any atom is -0.369 e. The van der Waals surface area contributed by atoms with Crippen LogP contribution in [0, 0.1) is 5.82 Å². The van der Waals surface area contributed by atoms with E-state index in [9.17, 15) is 17.6 Å². The quantitative estimate of drug-likeness (QED) is 0.690. The third-order valence-electron chi connectivity index (χ3n) is 2.77. The summed E-state index contributed by atoms with van der Waals surface area (Å²) in [6, 6.07) is 4.24.